The Hall–Kier alpha value is -2.89. The minimum absolute atomic E-state index is 0.0801. The minimum atomic E-state index is -0.0801. The molecule has 1 aromatic carbocycles. The summed E-state index contributed by atoms with van der Waals surface area (Å²) in [5.41, 5.74) is 1.93. The molecule has 0 spiro atoms. The molecule has 2 aliphatic rings. The number of nitrogens with zero attached hydrogens (tertiary/aromatic N) is 3. The highest BCUT2D eigenvalue weighted by molar-refractivity contribution is 5.88. The molecule has 6 heteroatoms. The molecule has 1 aliphatic carbocycles. The van der Waals surface area contributed by atoms with Gasteiger partial charge in [0.05, 0.1) is 11.4 Å². The number of fused-ring (bicyclic) bond motifs is 1. The largest absolute Gasteiger partial charge is 0.375 e. The van der Waals surface area contributed by atoms with E-state index in [0.717, 1.165) is 61.3 Å². The molecule has 0 bridgehead atoms. The van der Waals surface area contributed by atoms with E-state index >= 15 is 0 Å². The van der Waals surface area contributed by atoms with Crippen molar-refractivity contribution < 1.29 is 4.79 Å². The summed E-state index contributed by atoms with van der Waals surface area (Å²) in [5.74, 6) is 2.17. The lowest BCUT2D eigenvalue weighted by Crippen LogP contribution is -2.42. The second-order valence-corrected chi connectivity index (χ2v) is 9.45. The quantitative estimate of drug-likeness (QED) is 0.538. The average molecular weight is 432 g/mol. The first-order chi connectivity index (χ1) is 15.8. The molecular weight excluding hydrogens is 398 g/mol. The maximum absolute atomic E-state index is 13.6. The van der Waals surface area contributed by atoms with E-state index in [1.165, 1.54) is 19.3 Å². The van der Waals surface area contributed by atoms with Gasteiger partial charge in [-0.25, -0.2) is 9.97 Å². The Labute approximate surface area is 189 Å². The standard InChI is InChI=1S/C26H33N5O/c32-23(24(20-9-3-1-4-10-20)30-21-11-5-2-6-12-21)16-19-8-7-15-31(17-19)26-22-13-14-27-25(22)28-18-29-26/h2,5-6,11-14,18-20,24,30H,1,3-4,7-10,15-17H2,(H,27,28,29)/t19-,24+/m0/s1. The topological polar surface area (TPSA) is 73.9 Å². The van der Waals surface area contributed by atoms with Gasteiger partial charge in [0.1, 0.15) is 17.8 Å². The Kier molecular flexibility index (Phi) is 6.37. The van der Waals surface area contributed by atoms with E-state index in [-0.39, 0.29) is 6.04 Å². The zero-order valence-corrected chi connectivity index (χ0v) is 18.7. The molecule has 3 aromatic rings. The maximum atomic E-state index is 13.6. The number of ketones is 1. The molecule has 0 radical (unpaired) electrons. The van der Waals surface area contributed by atoms with Gasteiger partial charge in [0, 0.05) is 31.4 Å². The monoisotopic (exact) mass is 431 g/mol. The van der Waals surface area contributed by atoms with Gasteiger partial charge >= 0.3 is 0 Å². The van der Waals surface area contributed by atoms with Gasteiger partial charge < -0.3 is 15.2 Å². The first-order valence-electron chi connectivity index (χ1n) is 12.2. The summed E-state index contributed by atoms with van der Waals surface area (Å²) in [5, 5.41) is 4.67. The molecular formula is C26H33N5O. The molecule has 32 heavy (non-hydrogen) atoms. The first kappa shape index (κ1) is 21.0. The highest BCUT2D eigenvalue weighted by Crippen LogP contribution is 2.32. The third kappa shape index (κ3) is 4.64. The van der Waals surface area contributed by atoms with Crippen LogP contribution in [0.2, 0.25) is 0 Å². The fraction of sp³-hybridized carbons (Fsp3) is 0.500. The van der Waals surface area contributed by atoms with Crippen molar-refractivity contribution in [1.82, 2.24) is 15.0 Å². The highest BCUT2D eigenvalue weighted by Gasteiger charge is 2.32. The lowest BCUT2D eigenvalue weighted by Gasteiger charge is -2.35. The van der Waals surface area contributed by atoms with Crippen molar-refractivity contribution in [3.8, 4) is 0 Å². The Morgan fingerprint density at radius 1 is 1.06 bits per heavy atom. The van der Waals surface area contributed by atoms with E-state index in [1.54, 1.807) is 6.33 Å². The number of carbonyl (C=O) groups is 1. The lowest BCUT2D eigenvalue weighted by atomic mass is 9.79. The van der Waals surface area contributed by atoms with Crippen molar-refractivity contribution in [2.24, 2.45) is 11.8 Å². The number of hydrogen-bond donors (Lipinski definition) is 2. The number of carbonyl (C=O) groups excluding carboxylic acids is 1. The van der Waals surface area contributed by atoms with Gasteiger partial charge in [0.25, 0.3) is 0 Å². The van der Waals surface area contributed by atoms with Crippen molar-refractivity contribution in [3.63, 3.8) is 0 Å². The summed E-state index contributed by atoms with van der Waals surface area (Å²) in [7, 11) is 0. The van der Waals surface area contributed by atoms with Gasteiger partial charge in [-0.3, -0.25) is 4.79 Å². The SMILES string of the molecule is O=C(C[C@@H]1CCCN(c2ncnc3[nH]ccc23)C1)[C@H](Nc1ccccc1)C1CCCCC1. The predicted molar refractivity (Wildman–Crippen MR) is 129 cm³/mol. The van der Waals surface area contributed by atoms with E-state index in [1.807, 2.05) is 30.5 Å². The van der Waals surface area contributed by atoms with E-state index < -0.39 is 0 Å². The van der Waals surface area contributed by atoms with Crippen molar-refractivity contribution in [1.29, 1.82) is 0 Å². The number of aromatic nitrogens is 3. The van der Waals surface area contributed by atoms with Crippen LogP contribution >= 0.6 is 0 Å². The normalized spacial score (nSPS) is 20.9. The van der Waals surface area contributed by atoms with Crippen LogP contribution in [0.4, 0.5) is 11.5 Å². The summed E-state index contributed by atoms with van der Waals surface area (Å²) in [6.07, 6.45) is 12.5. The van der Waals surface area contributed by atoms with Gasteiger partial charge in [-0.05, 0) is 55.7 Å². The fourth-order valence-corrected chi connectivity index (χ4v) is 5.59. The lowest BCUT2D eigenvalue weighted by molar-refractivity contribution is -0.122. The van der Waals surface area contributed by atoms with Gasteiger partial charge in [0.2, 0.25) is 0 Å². The van der Waals surface area contributed by atoms with Gasteiger partial charge in [-0.1, -0.05) is 37.5 Å². The van der Waals surface area contributed by atoms with E-state index in [9.17, 15) is 4.79 Å². The number of piperidine rings is 1. The molecule has 2 fully saturated rings. The molecule has 6 nitrogen and oxygen atoms in total. The number of Topliss-reactive ketones (excluding diaryl/α,β-unsaturated/α-hetero) is 1. The summed E-state index contributed by atoms with van der Waals surface area (Å²) in [6.45, 7) is 1.86. The average Bonchev–Trinajstić information content (AvgIpc) is 3.33. The molecule has 2 aromatic heterocycles. The fourth-order valence-electron chi connectivity index (χ4n) is 5.59. The van der Waals surface area contributed by atoms with Crippen LogP contribution in [0.3, 0.4) is 0 Å². The Bertz CT molecular complexity index is 1030. The molecule has 0 unspecified atom stereocenters. The smallest absolute Gasteiger partial charge is 0.155 e. The molecule has 168 valence electrons. The van der Waals surface area contributed by atoms with Crippen molar-refractivity contribution in [2.75, 3.05) is 23.3 Å². The maximum Gasteiger partial charge on any atom is 0.155 e. The Morgan fingerprint density at radius 3 is 2.75 bits per heavy atom. The number of anilines is 2. The molecule has 1 aliphatic heterocycles. The second kappa shape index (κ2) is 9.72. The van der Waals surface area contributed by atoms with E-state index in [0.29, 0.717) is 24.0 Å². The zero-order chi connectivity index (χ0) is 21.8. The molecule has 2 atom stereocenters. The van der Waals surface area contributed by atoms with Crippen LogP contribution in [-0.2, 0) is 4.79 Å². The third-order valence-corrected chi connectivity index (χ3v) is 7.21. The van der Waals surface area contributed by atoms with Crippen LogP contribution in [0, 0.1) is 11.8 Å². The van der Waals surface area contributed by atoms with Crippen LogP contribution in [0.25, 0.3) is 11.0 Å². The Balaban J connectivity index is 1.29. The summed E-state index contributed by atoms with van der Waals surface area (Å²) >= 11 is 0. The van der Waals surface area contributed by atoms with Crippen molar-refractivity contribution in [2.45, 2.75) is 57.4 Å². The highest BCUT2D eigenvalue weighted by atomic mass is 16.1. The van der Waals surface area contributed by atoms with E-state index in [4.69, 9.17) is 0 Å². The van der Waals surface area contributed by atoms with Crippen LogP contribution in [0.15, 0.2) is 48.9 Å². The molecule has 5 rings (SSSR count). The summed E-state index contributed by atoms with van der Waals surface area (Å²) < 4.78 is 0. The van der Waals surface area contributed by atoms with Gasteiger partial charge in [-0.15, -0.1) is 0 Å². The zero-order valence-electron chi connectivity index (χ0n) is 18.7. The summed E-state index contributed by atoms with van der Waals surface area (Å²) in [6, 6.07) is 12.2. The third-order valence-electron chi connectivity index (χ3n) is 7.21. The van der Waals surface area contributed by atoms with E-state index in [2.05, 4.69) is 37.3 Å². The number of rotatable bonds is 7. The summed E-state index contributed by atoms with van der Waals surface area (Å²) in [4.78, 5) is 28.0. The van der Waals surface area contributed by atoms with Crippen LogP contribution < -0.4 is 10.2 Å². The molecule has 0 amide bonds. The number of para-hydroxylation sites is 1. The van der Waals surface area contributed by atoms with Crippen molar-refractivity contribution in [3.05, 3.63) is 48.9 Å². The molecule has 3 heterocycles. The molecule has 2 N–H and O–H groups in total. The Morgan fingerprint density at radius 2 is 1.91 bits per heavy atom. The number of hydrogen-bond acceptors (Lipinski definition) is 5. The minimum Gasteiger partial charge on any atom is -0.375 e. The number of nitrogens with one attached hydrogen (secondary N) is 2. The second-order valence-electron chi connectivity index (χ2n) is 9.45. The number of aromatic amines is 1. The van der Waals surface area contributed by atoms with Crippen molar-refractivity contribution >= 4 is 28.3 Å². The molecule has 1 saturated heterocycles. The van der Waals surface area contributed by atoms with Gasteiger partial charge in [0.15, 0.2) is 5.78 Å². The number of benzene rings is 1. The predicted octanol–water partition coefficient (Wildman–Crippen LogP) is 5.19. The van der Waals surface area contributed by atoms with Crippen LogP contribution in [0.5, 0.6) is 0 Å². The van der Waals surface area contributed by atoms with Crippen LogP contribution in [-0.4, -0.2) is 39.9 Å². The first-order valence-corrected chi connectivity index (χ1v) is 12.2. The van der Waals surface area contributed by atoms with Gasteiger partial charge in [-0.2, -0.15) is 0 Å². The van der Waals surface area contributed by atoms with Crippen LogP contribution in [0.1, 0.15) is 51.4 Å². The number of H-pyrrole nitrogens is 1. The molecule has 1 saturated carbocycles.